The quantitative estimate of drug-likeness (QED) is 0.499. The first-order chi connectivity index (χ1) is 10.6. The molecule has 1 saturated carbocycles. The van der Waals surface area contributed by atoms with E-state index in [1.807, 2.05) is 24.3 Å². The summed E-state index contributed by atoms with van der Waals surface area (Å²) in [5, 5.41) is 1.00. The van der Waals surface area contributed by atoms with Crippen molar-refractivity contribution in [2.75, 3.05) is 0 Å². The second-order valence-electron chi connectivity index (χ2n) is 6.28. The molecule has 0 N–H and O–H groups in total. The zero-order valence-electron chi connectivity index (χ0n) is 12.6. The summed E-state index contributed by atoms with van der Waals surface area (Å²) in [6, 6.07) is 7.92. The summed E-state index contributed by atoms with van der Waals surface area (Å²) in [5.41, 5.74) is 4.29. The van der Waals surface area contributed by atoms with E-state index in [0.29, 0.717) is 10.6 Å². The van der Waals surface area contributed by atoms with Crippen molar-refractivity contribution in [1.29, 1.82) is 0 Å². The van der Waals surface area contributed by atoms with Crippen LogP contribution in [0.3, 0.4) is 0 Å². The van der Waals surface area contributed by atoms with Gasteiger partial charge in [0.1, 0.15) is 17.4 Å². The van der Waals surface area contributed by atoms with E-state index in [-0.39, 0.29) is 6.10 Å². The summed E-state index contributed by atoms with van der Waals surface area (Å²) in [6.45, 7) is 6.23. The molecule has 112 valence electrons. The van der Waals surface area contributed by atoms with Crippen LogP contribution in [0.2, 0.25) is 0 Å². The Balaban J connectivity index is 1.87. The van der Waals surface area contributed by atoms with Crippen molar-refractivity contribution in [3.63, 3.8) is 0 Å². The summed E-state index contributed by atoms with van der Waals surface area (Å²) in [5.74, 6) is 1.44. The molecule has 2 aromatic rings. The molecule has 0 bridgehead atoms. The van der Waals surface area contributed by atoms with Gasteiger partial charge in [-0.2, -0.15) is 0 Å². The second-order valence-corrected chi connectivity index (χ2v) is 6.65. The van der Waals surface area contributed by atoms with Crippen LogP contribution in [0.4, 0.5) is 0 Å². The molecule has 1 fully saturated rings. The normalized spacial score (nSPS) is 23.2. The molecule has 1 aromatic heterocycles. The van der Waals surface area contributed by atoms with E-state index in [0.717, 1.165) is 41.5 Å². The molecule has 1 aliphatic carbocycles. The molecule has 2 nitrogen and oxygen atoms in total. The monoisotopic (exact) mass is 310 g/mol. The van der Waals surface area contributed by atoms with Gasteiger partial charge in [-0.25, -0.2) is 0 Å². The van der Waals surface area contributed by atoms with Crippen LogP contribution in [-0.2, 0) is 0 Å². The Morgan fingerprint density at radius 1 is 1.27 bits per heavy atom. The Bertz CT molecular complexity index is 859. The van der Waals surface area contributed by atoms with Gasteiger partial charge in [0.25, 0.3) is 0 Å². The van der Waals surface area contributed by atoms with Crippen LogP contribution < -0.4 is 4.74 Å². The first-order valence-corrected chi connectivity index (χ1v) is 8.12. The molecule has 4 rings (SSSR count). The first-order valence-electron chi connectivity index (χ1n) is 7.72. The van der Waals surface area contributed by atoms with Crippen molar-refractivity contribution in [2.24, 2.45) is 5.92 Å². The van der Waals surface area contributed by atoms with E-state index in [1.54, 1.807) is 0 Å². The highest BCUT2D eigenvalue weighted by Gasteiger charge is 2.32. The fourth-order valence-electron chi connectivity index (χ4n) is 3.48. The topological polar surface area (TPSA) is 22.4 Å². The molecule has 2 aliphatic rings. The maximum Gasteiger partial charge on any atom is 0.201 e. The zero-order chi connectivity index (χ0) is 15.3. The Kier molecular flexibility index (Phi) is 3.19. The van der Waals surface area contributed by atoms with Crippen molar-refractivity contribution in [2.45, 2.75) is 32.3 Å². The molecule has 2 unspecified atom stereocenters. The number of rotatable bonds is 1. The summed E-state index contributed by atoms with van der Waals surface area (Å²) in [6.07, 6.45) is 5.56. The van der Waals surface area contributed by atoms with E-state index < -0.39 is 0 Å². The molecule has 3 heteroatoms. The highest BCUT2D eigenvalue weighted by Crippen LogP contribution is 2.43. The van der Waals surface area contributed by atoms with E-state index in [9.17, 15) is 0 Å². The van der Waals surface area contributed by atoms with Gasteiger partial charge in [-0.1, -0.05) is 24.3 Å². The van der Waals surface area contributed by atoms with E-state index >= 15 is 0 Å². The molecule has 22 heavy (non-hydrogen) atoms. The molecule has 0 saturated heterocycles. The average molecular weight is 310 g/mol. The van der Waals surface area contributed by atoms with Gasteiger partial charge in [0, 0.05) is 0 Å². The van der Waals surface area contributed by atoms with Gasteiger partial charge in [0.05, 0.1) is 10.9 Å². The molecule has 0 spiro atoms. The fourth-order valence-corrected chi connectivity index (χ4v) is 3.72. The summed E-state index contributed by atoms with van der Waals surface area (Å²) < 4.78 is 12.6. The van der Waals surface area contributed by atoms with Gasteiger partial charge >= 0.3 is 0 Å². The van der Waals surface area contributed by atoms with E-state index in [4.69, 9.17) is 21.4 Å². The van der Waals surface area contributed by atoms with Crippen LogP contribution in [0, 0.1) is 10.6 Å². The summed E-state index contributed by atoms with van der Waals surface area (Å²) in [7, 11) is 0. The van der Waals surface area contributed by atoms with E-state index in [2.05, 4.69) is 19.6 Å². The van der Waals surface area contributed by atoms with Gasteiger partial charge in [0.2, 0.25) is 4.71 Å². The van der Waals surface area contributed by atoms with Crippen molar-refractivity contribution in [3.05, 3.63) is 52.3 Å². The molecule has 2 atom stereocenters. The number of hydrogen-bond acceptors (Lipinski definition) is 3. The van der Waals surface area contributed by atoms with Crippen molar-refractivity contribution < 1.29 is 9.15 Å². The van der Waals surface area contributed by atoms with E-state index in [1.165, 1.54) is 11.1 Å². The summed E-state index contributed by atoms with van der Waals surface area (Å²) >= 11 is 5.43. The SMILES string of the molecule is C=C(C)C1CCC2Oc3c(c(=S)oc4ccccc34)C=C2C1. The molecule has 2 heterocycles. The maximum absolute atomic E-state index is 6.33. The maximum atomic E-state index is 6.33. The van der Waals surface area contributed by atoms with Gasteiger partial charge in [-0.15, -0.1) is 0 Å². The minimum Gasteiger partial charge on any atom is -0.484 e. The Morgan fingerprint density at radius 2 is 2.09 bits per heavy atom. The largest absolute Gasteiger partial charge is 0.484 e. The van der Waals surface area contributed by atoms with Crippen LogP contribution in [0.25, 0.3) is 17.0 Å². The van der Waals surface area contributed by atoms with Crippen LogP contribution in [0.15, 0.2) is 46.4 Å². The molecule has 1 aliphatic heterocycles. The van der Waals surface area contributed by atoms with Gasteiger partial charge in [-0.05, 0) is 68.1 Å². The number of ether oxygens (including phenoxy) is 1. The standard InChI is InChI=1S/C19H18O2S/c1-11(2)12-7-8-16-13(9-12)10-15-18(20-16)14-5-3-4-6-17(14)21-19(15)22/h3-6,10,12,16H,1,7-9H2,2H3. The van der Waals surface area contributed by atoms with Gasteiger partial charge in [0.15, 0.2) is 0 Å². The summed E-state index contributed by atoms with van der Waals surface area (Å²) in [4.78, 5) is 0. The Hall–Kier alpha value is -1.87. The van der Waals surface area contributed by atoms with Crippen LogP contribution in [0.1, 0.15) is 31.7 Å². The number of allylic oxidation sites excluding steroid dienone is 1. The van der Waals surface area contributed by atoms with Crippen LogP contribution in [-0.4, -0.2) is 6.10 Å². The predicted molar refractivity (Wildman–Crippen MR) is 91.6 cm³/mol. The fraction of sp³-hybridized carbons (Fsp3) is 0.316. The van der Waals surface area contributed by atoms with Crippen LogP contribution >= 0.6 is 12.2 Å². The minimum atomic E-state index is 0.170. The number of fused-ring (bicyclic) bond motifs is 4. The zero-order valence-corrected chi connectivity index (χ0v) is 13.4. The number of para-hydroxylation sites is 1. The Morgan fingerprint density at radius 3 is 2.91 bits per heavy atom. The first kappa shape index (κ1) is 13.8. The Labute approximate surface area is 135 Å². The average Bonchev–Trinajstić information content (AvgIpc) is 2.53. The molecule has 1 aromatic carbocycles. The lowest BCUT2D eigenvalue weighted by atomic mass is 9.79. The molecule has 0 amide bonds. The minimum absolute atomic E-state index is 0.170. The molecule has 0 radical (unpaired) electrons. The van der Waals surface area contributed by atoms with Crippen molar-refractivity contribution >= 4 is 29.3 Å². The smallest absolute Gasteiger partial charge is 0.201 e. The number of hydrogen-bond donors (Lipinski definition) is 0. The lowest BCUT2D eigenvalue weighted by Gasteiger charge is -2.35. The van der Waals surface area contributed by atoms with Crippen molar-refractivity contribution in [3.8, 4) is 5.75 Å². The third kappa shape index (κ3) is 2.12. The highest BCUT2D eigenvalue weighted by atomic mass is 32.1. The lowest BCUT2D eigenvalue weighted by molar-refractivity contribution is 0.188. The molecular formula is C19H18O2S. The van der Waals surface area contributed by atoms with Gasteiger partial charge in [-0.3, -0.25) is 0 Å². The lowest BCUT2D eigenvalue weighted by Crippen LogP contribution is -2.29. The number of benzene rings is 1. The van der Waals surface area contributed by atoms with Crippen LogP contribution in [0.5, 0.6) is 5.75 Å². The van der Waals surface area contributed by atoms with Gasteiger partial charge < -0.3 is 9.15 Å². The third-order valence-electron chi connectivity index (χ3n) is 4.76. The van der Waals surface area contributed by atoms with Crippen molar-refractivity contribution in [1.82, 2.24) is 0 Å². The molecular weight excluding hydrogens is 292 g/mol. The predicted octanol–water partition coefficient (Wildman–Crippen LogP) is 5.68. The second kappa shape index (κ2) is 5.10. The third-order valence-corrected chi connectivity index (χ3v) is 5.06. The highest BCUT2D eigenvalue weighted by molar-refractivity contribution is 7.71.